The summed E-state index contributed by atoms with van der Waals surface area (Å²) >= 11 is 0. The third-order valence-corrected chi connectivity index (χ3v) is 4.21. The van der Waals surface area contributed by atoms with Gasteiger partial charge < -0.3 is 4.74 Å². The molecule has 2 aliphatic rings. The van der Waals surface area contributed by atoms with Gasteiger partial charge in [-0.3, -0.25) is 19.3 Å². The molecule has 2 rings (SSSR count). The molecule has 0 aromatic carbocycles. The lowest BCUT2D eigenvalue weighted by Gasteiger charge is -2.48. The molecule has 2 aliphatic carbocycles. The van der Waals surface area contributed by atoms with Crippen LogP contribution in [0.25, 0.3) is 0 Å². The molecule has 0 N–H and O–H groups in total. The molecule has 2 saturated carbocycles. The number of ketones is 2. The first-order valence-corrected chi connectivity index (χ1v) is 6.52. The van der Waals surface area contributed by atoms with Crippen LogP contribution in [-0.2, 0) is 28.9 Å². The average molecular weight is 286 g/mol. The van der Waals surface area contributed by atoms with Crippen molar-refractivity contribution >= 4 is 23.5 Å². The normalized spacial score (nSPS) is 27.9. The van der Waals surface area contributed by atoms with Crippen molar-refractivity contribution in [3.63, 3.8) is 0 Å². The highest BCUT2D eigenvalue weighted by molar-refractivity contribution is 6.23. The average Bonchev–Trinajstić information content (AvgIpc) is 2.35. The van der Waals surface area contributed by atoms with Crippen molar-refractivity contribution in [1.82, 2.24) is 0 Å². The van der Waals surface area contributed by atoms with Gasteiger partial charge in [0.15, 0.2) is 17.5 Å². The van der Waals surface area contributed by atoms with Crippen molar-refractivity contribution in [2.75, 3.05) is 6.61 Å². The summed E-state index contributed by atoms with van der Waals surface area (Å²) < 4.78 is 16.9. The van der Waals surface area contributed by atoms with Gasteiger partial charge >= 0.3 is 11.9 Å². The molecule has 7 heteroatoms. The number of Topliss-reactive ketones (excluding diaryl/α,β-unsaturated/α-hetero) is 2. The molecule has 0 aromatic rings. The van der Waals surface area contributed by atoms with E-state index in [1.807, 2.05) is 0 Å². The lowest BCUT2D eigenvalue weighted by atomic mass is 9.53. The summed E-state index contributed by atoms with van der Waals surface area (Å²) in [7, 11) is 0. The first kappa shape index (κ1) is 14.6. The standard InChI is InChI=1S/C13H15FO6/c1-2-19-11(17)8-7(15)6-13(4-3-5-13)9(10(8)16)12(18)20-14/h8-9H,2-6H2,1H3. The number of carbonyl (C=O) groups is 4. The molecule has 0 heterocycles. The van der Waals surface area contributed by atoms with Gasteiger partial charge in [0, 0.05) is 10.9 Å². The number of esters is 1. The van der Waals surface area contributed by atoms with Crippen molar-refractivity contribution in [2.45, 2.75) is 32.6 Å². The molecule has 0 aliphatic heterocycles. The van der Waals surface area contributed by atoms with E-state index in [9.17, 15) is 23.7 Å². The Morgan fingerprint density at radius 3 is 2.40 bits per heavy atom. The SMILES string of the molecule is CCOC(=O)C1C(=O)CC2(CCC2)C(C(=O)OF)C1=O. The van der Waals surface area contributed by atoms with Crippen molar-refractivity contribution in [2.24, 2.45) is 17.3 Å². The maximum absolute atomic E-state index is 12.3. The van der Waals surface area contributed by atoms with E-state index in [4.69, 9.17) is 0 Å². The van der Waals surface area contributed by atoms with Crippen LogP contribution < -0.4 is 0 Å². The Hall–Kier alpha value is -1.79. The molecule has 110 valence electrons. The second-order valence-corrected chi connectivity index (χ2v) is 5.28. The van der Waals surface area contributed by atoms with E-state index in [1.54, 1.807) is 0 Å². The molecule has 2 atom stereocenters. The van der Waals surface area contributed by atoms with E-state index in [-0.39, 0.29) is 13.0 Å². The topological polar surface area (TPSA) is 86.7 Å². The van der Waals surface area contributed by atoms with Gasteiger partial charge in [-0.05, 0) is 25.2 Å². The Kier molecular flexibility index (Phi) is 3.87. The minimum absolute atomic E-state index is 0.0132. The van der Waals surface area contributed by atoms with Gasteiger partial charge in [0.2, 0.25) is 0 Å². The summed E-state index contributed by atoms with van der Waals surface area (Å²) in [6.45, 7) is 1.55. The van der Waals surface area contributed by atoms with Crippen molar-refractivity contribution in [3.8, 4) is 0 Å². The van der Waals surface area contributed by atoms with E-state index >= 15 is 0 Å². The number of halogens is 1. The molecule has 0 saturated heterocycles. The summed E-state index contributed by atoms with van der Waals surface area (Å²) in [5.41, 5.74) is -0.875. The molecule has 0 radical (unpaired) electrons. The zero-order valence-electron chi connectivity index (χ0n) is 11.0. The largest absolute Gasteiger partial charge is 0.465 e. The first-order valence-electron chi connectivity index (χ1n) is 6.52. The van der Waals surface area contributed by atoms with Crippen LogP contribution in [0.3, 0.4) is 0 Å². The molecule has 2 fully saturated rings. The highest BCUT2D eigenvalue weighted by Gasteiger charge is 2.61. The van der Waals surface area contributed by atoms with Gasteiger partial charge in [-0.2, -0.15) is 0 Å². The molecule has 0 amide bonds. The second-order valence-electron chi connectivity index (χ2n) is 5.28. The minimum Gasteiger partial charge on any atom is -0.465 e. The summed E-state index contributed by atoms with van der Waals surface area (Å²) in [6, 6.07) is 0. The maximum atomic E-state index is 12.3. The smallest absolute Gasteiger partial charge is 0.359 e. The first-order chi connectivity index (χ1) is 9.46. The van der Waals surface area contributed by atoms with E-state index < -0.39 is 40.8 Å². The fourth-order valence-corrected chi connectivity index (χ4v) is 3.16. The fraction of sp³-hybridized carbons (Fsp3) is 0.692. The summed E-state index contributed by atoms with van der Waals surface area (Å²) in [5.74, 6) is -6.79. The zero-order valence-corrected chi connectivity index (χ0v) is 11.0. The van der Waals surface area contributed by atoms with E-state index in [0.717, 1.165) is 6.42 Å². The molecule has 20 heavy (non-hydrogen) atoms. The van der Waals surface area contributed by atoms with Crippen LogP contribution in [0.2, 0.25) is 0 Å². The van der Waals surface area contributed by atoms with Crippen LogP contribution in [0.1, 0.15) is 32.6 Å². The summed E-state index contributed by atoms with van der Waals surface area (Å²) in [6.07, 6.45) is 1.60. The number of rotatable bonds is 3. The molecular weight excluding hydrogens is 271 g/mol. The molecule has 0 aromatic heterocycles. The van der Waals surface area contributed by atoms with Gasteiger partial charge in [0.25, 0.3) is 0 Å². The lowest BCUT2D eigenvalue weighted by Crippen LogP contribution is -2.56. The highest BCUT2D eigenvalue weighted by atomic mass is 19.3. The summed E-state index contributed by atoms with van der Waals surface area (Å²) in [5, 5.41) is 0. The predicted molar refractivity (Wildman–Crippen MR) is 61.7 cm³/mol. The van der Waals surface area contributed by atoms with Crippen molar-refractivity contribution < 1.29 is 33.4 Å². The second kappa shape index (κ2) is 5.30. The third kappa shape index (κ3) is 2.10. The highest BCUT2D eigenvalue weighted by Crippen LogP contribution is 2.54. The number of hydrogen-bond donors (Lipinski definition) is 0. The molecule has 1 spiro atoms. The van der Waals surface area contributed by atoms with Gasteiger partial charge in [-0.1, -0.05) is 6.42 Å². The van der Waals surface area contributed by atoms with Gasteiger partial charge in [0.1, 0.15) is 5.92 Å². The van der Waals surface area contributed by atoms with Crippen LogP contribution in [0.5, 0.6) is 0 Å². The number of hydrogen-bond acceptors (Lipinski definition) is 6. The van der Waals surface area contributed by atoms with Gasteiger partial charge in [0.05, 0.1) is 6.61 Å². The predicted octanol–water partition coefficient (Wildman–Crippen LogP) is 0.922. The van der Waals surface area contributed by atoms with Gasteiger partial charge in [-0.25, -0.2) is 4.79 Å². The van der Waals surface area contributed by atoms with Crippen molar-refractivity contribution in [1.29, 1.82) is 0 Å². The van der Waals surface area contributed by atoms with E-state index in [2.05, 4.69) is 9.68 Å². The molecule has 6 nitrogen and oxygen atoms in total. The number of ether oxygens (including phenoxy) is 1. The van der Waals surface area contributed by atoms with Crippen LogP contribution in [-0.4, -0.2) is 30.1 Å². The Labute approximate surface area is 114 Å². The third-order valence-electron chi connectivity index (χ3n) is 4.21. The summed E-state index contributed by atoms with van der Waals surface area (Å²) in [4.78, 5) is 50.7. The Balaban J connectivity index is 2.31. The molecular formula is C13H15FO6. The zero-order chi connectivity index (χ0) is 14.9. The van der Waals surface area contributed by atoms with Crippen LogP contribution >= 0.6 is 0 Å². The van der Waals surface area contributed by atoms with Gasteiger partial charge in [-0.15, -0.1) is 0 Å². The van der Waals surface area contributed by atoms with Crippen LogP contribution in [0.15, 0.2) is 0 Å². The molecule has 0 bridgehead atoms. The van der Waals surface area contributed by atoms with Crippen LogP contribution in [0, 0.1) is 17.3 Å². The number of carbonyl (C=O) groups excluding carboxylic acids is 4. The van der Waals surface area contributed by atoms with Crippen LogP contribution in [0.4, 0.5) is 4.53 Å². The van der Waals surface area contributed by atoms with E-state index in [1.165, 1.54) is 6.92 Å². The lowest BCUT2D eigenvalue weighted by molar-refractivity contribution is -0.200. The maximum Gasteiger partial charge on any atom is 0.359 e. The molecule has 2 unspecified atom stereocenters. The monoisotopic (exact) mass is 286 g/mol. The fourth-order valence-electron chi connectivity index (χ4n) is 3.16. The van der Waals surface area contributed by atoms with Crippen molar-refractivity contribution in [3.05, 3.63) is 0 Å². The Morgan fingerprint density at radius 2 is 1.95 bits per heavy atom. The van der Waals surface area contributed by atoms with E-state index in [0.29, 0.717) is 12.8 Å². The Morgan fingerprint density at radius 1 is 1.30 bits per heavy atom. The Bertz CT molecular complexity index is 467. The minimum atomic E-state index is -1.63. The quantitative estimate of drug-likeness (QED) is 0.566.